The van der Waals surface area contributed by atoms with Crippen LogP contribution in [-0.2, 0) is 30.4 Å². The van der Waals surface area contributed by atoms with E-state index in [1.54, 1.807) is 25.3 Å². The van der Waals surface area contributed by atoms with Gasteiger partial charge in [-0.25, -0.2) is 8.42 Å². The van der Waals surface area contributed by atoms with Gasteiger partial charge in [-0.3, -0.25) is 9.78 Å². The van der Waals surface area contributed by atoms with Gasteiger partial charge in [0.25, 0.3) is 5.91 Å². The molecule has 2 heterocycles. The SMILES string of the molecule is CCC1(CC)OB(c2ccnc(CNC(=O)c3ccc(C)c(S(=O)(=O)COC)c3)c2)OC1(CC)CC. The Morgan fingerprint density at radius 3 is 2.19 bits per heavy atom. The minimum absolute atomic E-state index is 0.0818. The highest BCUT2D eigenvalue weighted by Crippen LogP contribution is 2.46. The molecule has 196 valence electrons. The summed E-state index contributed by atoms with van der Waals surface area (Å²) in [6.45, 7) is 10.4. The monoisotopic (exact) mass is 516 g/mol. The van der Waals surface area contributed by atoms with Gasteiger partial charge in [0.2, 0.25) is 9.84 Å². The average Bonchev–Trinajstić information content (AvgIpc) is 3.23. The summed E-state index contributed by atoms with van der Waals surface area (Å²) in [6.07, 6.45) is 5.10. The molecule has 1 aromatic carbocycles. The zero-order valence-corrected chi connectivity index (χ0v) is 22.9. The van der Waals surface area contributed by atoms with Gasteiger partial charge in [-0.15, -0.1) is 0 Å². The molecular weight excluding hydrogens is 479 g/mol. The Bertz CT molecular complexity index is 1160. The molecule has 0 bridgehead atoms. The number of benzene rings is 1. The Morgan fingerprint density at radius 2 is 1.64 bits per heavy atom. The minimum Gasteiger partial charge on any atom is -0.399 e. The molecule has 0 aliphatic carbocycles. The Balaban J connectivity index is 1.76. The lowest BCUT2D eigenvalue weighted by atomic mass is 9.75. The van der Waals surface area contributed by atoms with E-state index in [2.05, 4.69) is 38.0 Å². The smallest absolute Gasteiger partial charge is 0.399 e. The zero-order chi connectivity index (χ0) is 26.6. The van der Waals surface area contributed by atoms with Gasteiger partial charge in [0.05, 0.1) is 28.3 Å². The predicted octanol–water partition coefficient (Wildman–Crippen LogP) is 3.56. The molecular formula is C26H37BN2O6S. The molecule has 3 rings (SSSR count). The molecule has 1 amide bonds. The van der Waals surface area contributed by atoms with Crippen molar-refractivity contribution >= 4 is 28.3 Å². The van der Waals surface area contributed by atoms with Gasteiger partial charge >= 0.3 is 7.12 Å². The Kier molecular flexibility index (Phi) is 8.98. The molecule has 0 spiro atoms. The molecule has 36 heavy (non-hydrogen) atoms. The third-order valence-electron chi connectivity index (χ3n) is 7.38. The van der Waals surface area contributed by atoms with Crippen LogP contribution in [-0.4, -0.2) is 50.7 Å². The third kappa shape index (κ3) is 5.37. The fraction of sp³-hybridized carbons (Fsp3) is 0.538. The lowest BCUT2D eigenvalue weighted by molar-refractivity contribution is -0.0601. The molecule has 1 aliphatic heterocycles. The van der Waals surface area contributed by atoms with Gasteiger partial charge in [-0.05, 0) is 67.9 Å². The summed E-state index contributed by atoms with van der Waals surface area (Å²) in [5, 5.41) is 2.83. The summed E-state index contributed by atoms with van der Waals surface area (Å²) in [5.74, 6) is -0.841. The number of nitrogens with zero attached hydrogens (tertiary/aromatic N) is 1. The molecule has 0 saturated carbocycles. The van der Waals surface area contributed by atoms with Gasteiger partial charge in [0.1, 0.15) is 0 Å². The largest absolute Gasteiger partial charge is 0.494 e. The highest BCUT2D eigenvalue weighted by molar-refractivity contribution is 7.91. The number of hydrogen-bond donors (Lipinski definition) is 1. The number of methoxy groups -OCH3 is 1. The minimum atomic E-state index is -3.65. The number of aryl methyl sites for hydroxylation is 1. The number of aromatic nitrogens is 1. The third-order valence-corrected chi connectivity index (χ3v) is 9.04. The van der Waals surface area contributed by atoms with Crippen molar-refractivity contribution in [3.05, 3.63) is 53.3 Å². The van der Waals surface area contributed by atoms with E-state index < -0.39 is 28.8 Å². The van der Waals surface area contributed by atoms with Crippen LogP contribution in [0.3, 0.4) is 0 Å². The van der Waals surface area contributed by atoms with E-state index in [0.717, 1.165) is 31.1 Å². The number of nitrogens with one attached hydrogen (secondary N) is 1. The number of hydrogen-bond acceptors (Lipinski definition) is 7. The van der Waals surface area contributed by atoms with Crippen molar-refractivity contribution in [3.8, 4) is 0 Å². The molecule has 2 aromatic rings. The van der Waals surface area contributed by atoms with Crippen molar-refractivity contribution in [2.75, 3.05) is 13.0 Å². The number of pyridine rings is 1. The van der Waals surface area contributed by atoms with Gasteiger partial charge < -0.3 is 19.4 Å². The molecule has 1 aliphatic rings. The van der Waals surface area contributed by atoms with Crippen LogP contribution in [0.15, 0.2) is 41.4 Å². The summed E-state index contributed by atoms with van der Waals surface area (Å²) in [6, 6.07) is 8.36. The lowest BCUT2D eigenvalue weighted by Gasteiger charge is -2.42. The molecule has 0 radical (unpaired) electrons. The first-order chi connectivity index (χ1) is 17.1. The Hall–Kier alpha value is -2.27. The first-order valence-corrected chi connectivity index (χ1v) is 14.2. The molecule has 1 saturated heterocycles. The van der Waals surface area contributed by atoms with Gasteiger partial charge in [0.15, 0.2) is 5.94 Å². The van der Waals surface area contributed by atoms with Gasteiger partial charge in [0, 0.05) is 18.9 Å². The molecule has 10 heteroatoms. The molecule has 0 atom stereocenters. The fourth-order valence-electron chi connectivity index (χ4n) is 5.21. The van der Waals surface area contributed by atoms with Crippen LogP contribution in [0, 0.1) is 6.92 Å². The number of amides is 1. The topological polar surface area (TPSA) is 104 Å². The molecule has 1 N–H and O–H groups in total. The van der Waals surface area contributed by atoms with E-state index in [9.17, 15) is 13.2 Å². The maximum atomic E-state index is 12.8. The number of rotatable bonds is 11. The lowest BCUT2D eigenvalue weighted by Crippen LogP contribution is -2.50. The Labute approximate surface area is 215 Å². The second kappa shape index (κ2) is 11.4. The molecule has 0 unspecified atom stereocenters. The fourth-order valence-corrected chi connectivity index (χ4v) is 6.52. The molecule has 1 aromatic heterocycles. The van der Waals surface area contributed by atoms with Crippen molar-refractivity contribution in [2.24, 2.45) is 0 Å². The van der Waals surface area contributed by atoms with Crippen LogP contribution in [0.2, 0.25) is 0 Å². The number of carbonyl (C=O) groups is 1. The number of carbonyl (C=O) groups excluding carboxylic acids is 1. The van der Waals surface area contributed by atoms with E-state index in [0.29, 0.717) is 11.3 Å². The summed E-state index contributed by atoms with van der Waals surface area (Å²) < 4.78 is 42.8. The molecule has 1 fully saturated rings. The van der Waals surface area contributed by atoms with Crippen LogP contribution in [0.1, 0.15) is 75.0 Å². The van der Waals surface area contributed by atoms with Crippen molar-refractivity contribution in [1.82, 2.24) is 10.3 Å². The van der Waals surface area contributed by atoms with Crippen LogP contribution in [0.5, 0.6) is 0 Å². The van der Waals surface area contributed by atoms with E-state index >= 15 is 0 Å². The highest BCUT2D eigenvalue weighted by Gasteiger charge is 2.58. The standard InChI is InChI=1S/C26H37BN2O6S/c1-7-25(8-2)26(9-3,10-4)35-27(34-25)21-13-14-28-22(16-21)17-29-24(30)20-12-11-19(5)23(15-20)36(31,32)18-33-6/h11-16H,7-10,17-18H2,1-6H3,(H,29,30). The second-order valence-electron chi connectivity index (χ2n) is 9.24. The number of ether oxygens (including phenoxy) is 1. The van der Waals surface area contributed by atoms with Gasteiger partial charge in [-0.1, -0.05) is 33.8 Å². The molecule has 8 nitrogen and oxygen atoms in total. The summed E-state index contributed by atoms with van der Waals surface area (Å²) in [7, 11) is -2.84. The predicted molar refractivity (Wildman–Crippen MR) is 140 cm³/mol. The number of sulfone groups is 1. The van der Waals surface area contributed by atoms with Gasteiger partial charge in [-0.2, -0.15) is 0 Å². The second-order valence-corrected chi connectivity index (χ2v) is 11.1. The highest BCUT2D eigenvalue weighted by atomic mass is 32.2. The normalized spacial score (nSPS) is 16.8. The van der Waals surface area contributed by atoms with Crippen LogP contribution >= 0.6 is 0 Å². The van der Waals surface area contributed by atoms with Crippen LogP contribution in [0.25, 0.3) is 0 Å². The zero-order valence-electron chi connectivity index (χ0n) is 22.1. The summed E-state index contributed by atoms with van der Waals surface area (Å²) in [4.78, 5) is 17.3. The maximum Gasteiger partial charge on any atom is 0.494 e. The van der Waals surface area contributed by atoms with Crippen LogP contribution < -0.4 is 10.8 Å². The Morgan fingerprint density at radius 1 is 1.03 bits per heavy atom. The first-order valence-electron chi connectivity index (χ1n) is 12.5. The first kappa shape index (κ1) is 28.3. The van der Waals surface area contributed by atoms with E-state index in [1.165, 1.54) is 13.2 Å². The van der Waals surface area contributed by atoms with E-state index in [1.807, 2.05) is 12.1 Å². The summed E-state index contributed by atoms with van der Waals surface area (Å²) in [5.41, 5.74) is 1.60. The van der Waals surface area contributed by atoms with Crippen molar-refractivity contribution in [2.45, 2.75) is 82.9 Å². The van der Waals surface area contributed by atoms with Crippen molar-refractivity contribution < 1.29 is 27.3 Å². The van der Waals surface area contributed by atoms with Crippen LogP contribution in [0.4, 0.5) is 0 Å². The average molecular weight is 516 g/mol. The maximum absolute atomic E-state index is 12.8. The van der Waals surface area contributed by atoms with Crippen molar-refractivity contribution in [1.29, 1.82) is 0 Å². The quantitative estimate of drug-likeness (QED) is 0.456. The van der Waals surface area contributed by atoms with E-state index in [-0.39, 0.29) is 28.2 Å². The summed E-state index contributed by atoms with van der Waals surface area (Å²) >= 11 is 0. The van der Waals surface area contributed by atoms with Crippen molar-refractivity contribution in [3.63, 3.8) is 0 Å². The van der Waals surface area contributed by atoms with E-state index in [4.69, 9.17) is 14.0 Å².